The maximum atomic E-state index is 13.0. The SMILES string of the molecule is COc1ncc(F)cc1C(C)(C)C(=O)O. The Morgan fingerprint density at radius 1 is 1.60 bits per heavy atom. The van der Waals surface area contributed by atoms with Crippen LogP contribution in [0.25, 0.3) is 0 Å². The summed E-state index contributed by atoms with van der Waals surface area (Å²) in [6.45, 7) is 2.93. The van der Waals surface area contributed by atoms with Crippen LogP contribution in [-0.4, -0.2) is 23.2 Å². The smallest absolute Gasteiger partial charge is 0.313 e. The van der Waals surface area contributed by atoms with Gasteiger partial charge in [-0.15, -0.1) is 0 Å². The number of ether oxygens (including phenoxy) is 1. The third-order valence-corrected chi connectivity index (χ3v) is 2.22. The fraction of sp³-hybridized carbons (Fsp3) is 0.400. The lowest BCUT2D eigenvalue weighted by atomic mass is 9.85. The van der Waals surface area contributed by atoms with Crippen molar-refractivity contribution in [1.29, 1.82) is 0 Å². The summed E-state index contributed by atoms with van der Waals surface area (Å²) in [7, 11) is 1.36. The van der Waals surface area contributed by atoms with E-state index in [4.69, 9.17) is 9.84 Å². The van der Waals surface area contributed by atoms with Crippen molar-refractivity contribution in [1.82, 2.24) is 4.98 Å². The molecule has 0 saturated heterocycles. The van der Waals surface area contributed by atoms with Crippen LogP contribution in [0.15, 0.2) is 12.3 Å². The summed E-state index contributed by atoms with van der Waals surface area (Å²) in [6, 6.07) is 1.12. The Morgan fingerprint density at radius 3 is 2.67 bits per heavy atom. The zero-order valence-electron chi connectivity index (χ0n) is 8.74. The molecule has 0 saturated carbocycles. The number of rotatable bonds is 3. The van der Waals surface area contributed by atoms with E-state index in [-0.39, 0.29) is 11.4 Å². The lowest BCUT2D eigenvalue weighted by molar-refractivity contribution is -0.142. The van der Waals surface area contributed by atoms with Gasteiger partial charge in [-0.1, -0.05) is 0 Å². The molecule has 0 amide bonds. The number of halogens is 1. The predicted octanol–water partition coefficient (Wildman–Crippen LogP) is 1.59. The number of aliphatic carboxylic acids is 1. The van der Waals surface area contributed by atoms with Gasteiger partial charge in [0.25, 0.3) is 0 Å². The largest absolute Gasteiger partial charge is 0.481 e. The molecular formula is C10H12FNO3. The van der Waals surface area contributed by atoms with E-state index in [1.807, 2.05) is 0 Å². The minimum Gasteiger partial charge on any atom is -0.481 e. The fourth-order valence-electron chi connectivity index (χ4n) is 1.15. The van der Waals surface area contributed by atoms with E-state index < -0.39 is 17.2 Å². The van der Waals surface area contributed by atoms with E-state index in [1.54, 1.807) is 0 Å². The van der Waals surface area contributed by atoms with Crippen molar-refractivity contribution in [2.24, 2.45) is 0 Å². The van der Waals surface area contributed by atoms with Crippen molar-refractivity contribution in [3.8, 4) is 5.88 Å². The molecule has 1 N–H and O–H groups in total. The monoisotopic (exact) mass is 213 g/mol. The summed E-state index contributed by atoms with van der Waals surface area (Å²) >= 11 is 0. The molecule has 0 radical (unpaired) electrons. The van der Waals surface area contributed by atoms with Crippen molar-refractivity contribution in [2.75, 3.05) is 7.11 Å². The van der Waals surface area contributed by atoms with E-state index in [9.17, 15) is 9.18 Å². The molecule has 0 aliphatic rings. The lowest BCUT2D eigenvalue weighted by Crippen LogP contribution is -2.29. The Balaban J connectivity index is 3.34. The molecule has 82 valence electrons. The van der Waals surface area contributed by atoms with Gasteiger partial charge >= 0.3 is 5.97 Å². The van der Waals surface area contributed by atoms with Gasteiger partial charge in [0.1, 0.15) is 5.82 Å². The summed E-state index contributed by atoms with van der Waals surface area (Å²) < 4.78 is 17.9. The summed E-state index contributed by atoms with van der Waals surface area (Å²) in [4.78, 5) is 14.7. The van der Waals surface area contributed by atoms with E-state index in [1.165, 1.54) is 21.0 Å². The molecule has 15 heavy (non-hydrogen) atoms. The Morgan fingerprint density at radius 2 is 2.20 bits per heavy atom. The third-order valence-electron chi connectivity index (χ3n) is 2.22. The molecule has 0 unspecified atom stereocenters. The van der Waals surface area contributed by atoms with E-state index in [0.717, 1.165) is 12.3 Å². The maximum Gasteiger partial charge on any atom is 0.313 e. The molecule has 4 nitrogen and oxygen atoms in total. The molecule has 1 heterocycles. The minimum absolute atomic E-state index is 0.129. The molecule has 0 atom stereocenters. The highest BCUT2D eigenvalue weighted by molar-refractivity contribution is 5.81. The van der Waals surface area contributed by atoms with Crippen LogP contribution in [0.5, 0.6) is 5.88 Å². The molecule has 0 aromatic carbocycles. The van der Waals surface area contributed by atoms with Gasteiger partial charge in [0, 0.05) is 5.56 Å². The first-order valence-corrected chi connectivity index (χ1v) is 4.33. The molecular weight excluding hydrogens is 201 g/mol. The fourth-order valence-corrected chi connectivity index (χ4v) is 1.15. The van der Waals surface area contributed by atoms with Gasteiger partial charge in [0.2, 0.25) is 5.88 Å². The van der Waals surface area contributed by atoms with Gasteiger partial charge in [0.15, 0.2) is 0 Å². The number of methoxy groups -OCH3 is 1. The normalized spacial score (nSPS) is 11.2. The number of carboxylic acids is 1. The maximum absolute atomic E-state index is 13.0. The molecule has 1 aromatic rings. The second-order valence-electron chi connectivity index (χ2n) is 3.64. The van der Waals surface area contributed by atoms with Crippen LogP contribution in [-0.2, 0) is 10.2 Å². The van der Waals surface area contributed by atoms with E-state index >= 15 is 0 Å². The summed E-state index contributed by atoms with van der Waals surface area (Å²) in [5.41, 5.74) is -1.02. The molecule has 1 rings (SSSR count). The van der Waals surface area contributed by atoms with E-state index in [0.29, 0.717) is 0 Å². The van der Waals surface area contributed by atoms with Crippen molar-refractivity contribution in [2.45, 2.75) is 19.3 Å². The summed E-state index contributed by atoms with van der Waals surface area (Å²) in [5, 5.41) is 9.00. The minimum atomic E-state index is -1.24. The van der Waals surface area contributed by atoms with Crippen LogP contribution >= 0.6 is 0 Å². The first-order chi connectivity index (χ1) is 6.89. The highest BCUT2D eigenvalue weighted by atomic mass is 19.1. The highest BCUT2D eigenvalue weighted by Gasteiger charge is 2.33. The number of hydrogen-bond acceptors (Lipinski definition) is 3. The summed E-state index contributed by atoms with van der Waals surface area (Å²) in [5.74, 6) is -1.52. The molecule has 0 fully saturated rings. The highest BCUT2D eigenvalue weighted by Crippen LogP contribution is 2.30. The second-order valence-corrected chi connectivity index (χ2v) is 3.64. The number of nitrogens with zero attached hydrogens (tertiary/aromatic N) is 1. The van der Waals surface area contributed by atoms with Gasteiger partial charge < -0.3 is 9.84 Å². The van der Waals surface area contributed by atoms with Crippen LogP contribution in [0.4, 0.5) is 4.39 Å². The van der Waals surface area contributed by atoms with Gasteiger partial charge in [-0.25, -0.2) is 9.37 Å². The van der Waals surface area contributed by atoms with Crippen molar-refractivity contribution in [3.63, 3.8) is 0 Å². The topological polar surface area (TPSA) is 59.4 Å². The Kier molecular flexibility index (Phi) is 2.93. The first-order valence-electron chi connectivity index (χ1n) is 4.33. The number of hydrogen-bond donors (Lipinski definition) is 1. The number of carboxylic acid groups (broad SMARTS) is 1. The lowest BCUT2D eigenvalue weighted by Gasteiger charge is -2.21. The van der Waals surface area contributed by atoms with Crippen LogP contribution in [0.2, 0.25) is 0 Å². The average molecular weight is 213 g/mol. The van der Waals surface area contributed by atoms with Crippen molar-refractivity contribution in [3.05, 3.63) is 23.6 Å². The standard InChI is InChI=1S/C10H12FNO3/c1-10(2,9(13)14)7-4-6(11)5-12-8(7)15-3/h4-5H,1-3H3,(H,13,14). The molecule has 0 aliphatic carbocycles. The van der Waals surface area contributed by atoms with Crippen molar-refractivity contribution < 1.29 is 19.0 Å². The van der Waals surface area contributed by atoms with Gasteiger partial charge in [0.05, 0.1) is 18.7 Å². The average Bonchev–Trinajstić information content (AvgIpc) is 2.17. The Labute approximate surface area is 86.7 Å². The van der Waals surface area contributed by atoms with Gasteiger partial charge in [-0.2, -0.15) is 0 Å². The Hall–Kier alpha value is -1.65. The third kappa shape index (κ3) is 2.06. The number of carbonyl (C=O) groups is 1. The van der Waals surface area contributed by atoms with Crippen LogP contribution < -0.4 is 4.74 Å². The molecule has 5 heteroatoms. The first kappa shape index (κ1) is 11.4. The zero-order chi connectivity index (χ0) is 11.6. The number of aromatic nitrogens is 1. The molecule has 0 aliphatic heterocycles. The Bertz CT molecular complexity index is 390. The van der Waals surface area contributed by atoms with E-state index in [2.05, 4.69) is 4.98 Å². The van der Waals surface area contributed by atoms with Crippen LogP contribution in [0, 0.1) is 5.82 Å². The zero-order valence-corrected chi connectivity index (χ0v) is 8.74. The predicted molar refractivity (Wildman–Crippen MR) is 51.4 cm³/mol. The van der Waals surface area contributed by atoms with Crippen LogP contribution in [0.1, 0.15) is 19.4 Å². The summed E-state index contributed by atoms with van der Waals surface area (Å²) in [6.07, 6.45) is 0.986. The molecule has 1 aromatic heterocycles. The molecule has 0 bridgehead atoms. The molecule has 0 spiro atoms. The number of pyridine rings is 1. The van der Waals surface area contributed by atoms with Crippen LogP contribution in [0.3, 0.4) is 0 Å². The quantitative estimate of drug-likeness (QED) is 0.828. The van der Waals surface area contributed by atoms with Crippen molar-refractivity contribution >= 4 is 5.97 Å². The van der Waals surface area contributed by atoms with Gasteiger partial charge in [-0.05, 0) is 19.9 Å². The second kappa shape index (κ2) is 3.84. The van der Waals surface area contributed by atoms with Gasteiger partial charge in [-0.3, -0.25) is 4.79 Å².